The van der Waals surface area contributed by atoms with Crippen LogP contribution in [0.5, 0.6) is 0 Å². The first-order valence-corrected chi connectivity index (χ1v) is 3.82. The first-order valence-electron chi connectivity index (χ1n) is 3.82. The molecule has 0 bridgehead atoms. The molecule has 0 atom stereocenters. The van der Waals surface area contributed by atoms with E-state index < -0.39 is 0 Å². The lowest BCUT2D eigenvalue weighted by molar-refractivity contribution is 0.713. The molecule has 1 aromatic heterocycles. The van der Waals surface area contributed by atoms with Crippen molar-refractivity contribution < 1.29 is 0 Å². The minimum atomic E-state index is 0.626. The van der Waals surface area contributed by atoms with Gasteiger partial charge in [-0.2, -0.15) is 0 Å². The Labute approximate surface area is 67.3 Å². The maximum atomic E-state index is 5.46. The summed E-state index contributed by atoms with van der Waals surface area (Å²) in [5.41, 5.74) is 6.65. The summed E-state index contributed by atoms with van der Waals surface area (Å²) in [6.45, 7) is 5.29. The van der Waals surface area contributed by atoms with Crippen molar-refractivity contribution in [1.29, 1.82) is 0 Å². The van der Waals surface area contributed by atoms with Gasteiger partial charge >= 0.3 is 0 Å². The summed E-state index contributed by atoms with van der Waals surface area (Å²) in [5.74, 6) is 0. The number of allylic oxidation sites excluding steroid dienone is 1. The van der Waals surface area contributed by atoms with Gasteiger partial charge in [0.25, 0.3) is 0 Å². The molecule has 2 N–H and O–H groups in total. The van der Waals surface area contributed by atoms with E-state index in [1.54, 1.807) is 0 Å². The monoisotopic (exact) mass is 150 g/mol. The SMILES string of the molecule is C=CCCn1ccc(CN)c1. The van der Waals surface area contributed by atoms with Crippen LogP contribution in [-0.4, -0.2) is 4.57 Å². The zero-order valence-electron chi connectivity index (χ0n) is 6.66. The van der Waals surface area contributed by atoms with E-state index in [2.05, 4.69) is 17.3 Å². The number of nitrogens with two attached hydrogens (primary N) is 1. The normalized spacial score (nSPS) is 9.91. The van der Waals surface area contributed by atoms with E-state index in [9.17, 15) is 0 Å². The molecule has 0 aromatic carbocycles. The van der Waals surface area contributed by atoms with E-state index in [-0.39, 0.29) is 0 Å². The Morgan fingerprint density at radius 3 is 3.00 bits per heavy atom. The second kappa shape index (κ2) is 3.98. The molecule has 0 saturated carbocycles. The van der Waals surface area contributed by atoms with Gasteiger partial charge in [0.2, 0.25) is 0 Å². The average Bonchev–Trinajstić information content (AvgIpc) is 2.48. The van der Waals surface area contributed by atoms with Crippen molar-refractivity contribution in [3.63, 3.8) is 0 Å². The van der Waals surface area contributed by atoms with Gasteiger partial charge in [-0.25, -0.2) is 0 Å². The van der Waals surface area contributed by atoms with Crippen molar-refractivity contribution in [2.75, 3.05) is 0 Å². The molecular weight excluding hydrogens is 136 g/mol. The molecule has 0 radical (unpaired) electrons. The molecule has 11 heavy (non-hydrogen) atoms. The van der Waals surface area contributed by atoms with Crippen LogP contribution in [0.15, 0.2) is 31.1 Å². The van der Waals surface area contributed by atoms with Gasteiger partial charge in [0.1, 0.15) is 0 Å². The van der Waals surface area contributed by atoms with Crippen LogP contribution in [-0.2, 0) is 13.1 Å². The maximum Gasteiger partial charge on any atom is 0.0254 e. The van der Waals surface area contributed by atoms with Gasteiger partial charge in [-0.15, -0.1) is 6.58 Å². The van der Waals surface area contributed by atoms with Crippen molar-refractivity contribution in [1.82, 2.24) is 4.57 Å². The van der Waals surface area contributed by atoms with E-state index in [1.807, 2.05) is 18.3 Å². The average molecular weight is 150 g/mol. The number of aryl methyl sites for hydroxylation is 1. The third-order valence-electron chi connectivity index (χ3n) is 1.64. The summed E-state index contributed by atoms with van der Waals surface area (Å²) >= 11 is 0. The summed E-state index contributed by atoms with van der Waals surface area (Å²) in [6.07, 6.45) is 7.05. The topological polar surface area (TPSA) is 30.9 Å². The highest BCUT2D eigenvalue weighted by atomic mass is 14.9. The predicted molar refractivity (Wildman–Crippen MR) is 47.1 cm³/mol. The summed E-state index contributed by atoms with van der Waals surface area (Å²) < 4.78 is 2.13. The van der Waals surface area contributed by atoms with Gasteiger partial charge in [-0.05, 0) is 18.1 Å². The van der Waals surface area contributed by atoms with Crippen LogP contribution < -0.4 is 5.73 Å². The van der Waals surface area contributed by atoms with Gasteiger partial charge in [0.05, 0.1) is 0 Å². The lowest BCUT2D eigenvalue weighted by Crippen LogP contribution is -1.95. The van der Waals surface area contributed by atoms with Gasteiger partial charge in [-0.1, -0.05) is 6.08 Å². The summed E-state index contributed by atoms with van der Waals surface area (Å²) in [5, 5.41) is 0. The first kappa shape index (κ1) is 8.08. The summed E-state index contributed by atoms with van der Waals surface area (Å²) in [6, 6.07) is 2.04. The fourth-order valence-electron chi connectivity index (χ4n) is 0.991. The van der Waals surface area contributed by atoms with Crippen molar-refractivity contribution >= 4 is 0 Å². The molecule has 2 heteroatoms. The molecule has 2 nitrogen and oxygen atoms in total. The maximum absolute atomic E-state index is 5.46. The number of hydrogen-bond donors (Lipinski definition) is 1. The zero-order chi connectivity index (χ0) is 8.10. The van der Waals surface area contributed by atoms with Crippen LogP contribution in [0.1, 0.15) is 12.0 Å². The minimum absolute atomic E-state index is 0.626. The van der Waals surface area contributed by atoms with Gasteiger partial charge < -0.3 is 10.3 Å². The third kappa shape index (κ3) is 2.24. The Balaban J connectivity index is 2.50. The largest absolute Gasteiger partial charge is 0.354 e. The van der Waals surface area contributed by atoms with Crippen LogP contribution in [0.2, 0.25) is 0 Å². The second-order valence-electron chi connectivity index (χ2n) is 2.54. The van der Waals surface area contributed by atoms with Crippen LogP contribution in [0, 0.1) is 0 Å². The van der Waals surface area contributed by atoms with E-state index in [4.69, 9.17) is 5.73 Å². The predicted octanol–water partition coefficient (Wildman–Crippen LogP) is 1.52. The molecule has 1 aromatic rings. The fraction of sp³-hybridized carbons (Fsp3) is 0.333. The highest BCUT2D eigenvalue weighted by Gasteiger charge is 1.91. The van der Waals surface area contributed by atoms with E-state index in [0.717, 1.165) is 13.0 Å². The molecule has 0 unspecified atom stereocenters. The molecule has 0 fully saturated rings. The second-order valence-corrected chi connectivity index (χ2v) is 2.54. The zero-order valence-corrected chi connectivity index (χ0v) is 6.66. The number of nitrogens with zero attached hydrogens (tertiary/aromatic N) is 1. The van der Waals surface area contributed by atoms with E-state index in [0.29, 0.717) is 6.54 Å². The highest BCUT2D eigenvalue weighted by molar-refractivity contribution is 5.09. The first-order chi connectivity index (χ1) is 5.36. The molecule has 0 spiro atoms. The molecule has 0 aliphatic heterocycles. The molecule has 0 aliphatic carbocycles. The lowest BCUT2D eigenvalue weighted by atomic mass is 10.3. The number of rotatable bonds is 4. The fourth-order valence-corrected chi connectivity index (χ4v) is 0.991. The lowest BCUT2D eigenvalue weighted by Gasteiger charge is -1.97. The molecule has 0 amide bonds. The van der Waals surface area contributed by atoms with E-state index in [1.165, 1.54) is 5.56 Å². The van der Waals surface area contributed by atoms with Crippen LogP contribution >= 0.6 is 0 Å². The number of hydrogen-bond acceptors (Lipinski definition) is 1. The Kier molecular flexibility index (Phi) is 2.93. The Hall–Kier alpha value is -1.02. The molecule has 1 rings (SSSR count). The van der Waals surface area contributed by atoms with Gasteiger partial charge in [-0.3, -0.25) is 0 Å². The summed E-state index contributed by atoms with van der Waals surface area (Å²) in [4.78, 5) is 0. The van der Waals surface area contributed by atoms with Crippen molar-refractivity contribution in [3.05, 3.63) is 36.7 Å². The smallest absolute Gasteiger partial charge is 0.0254 e. The molecule has 0 saturated heterocycles. The molecule has 0 aliphatic rings. The third-order valence-corrected chi connectivity index (χ3v) is 1.64. The Morgan fingerprint density at radius 1 is 1.64 bits per heavy atom. The van der Waals surface area contributed by atoms with Gasteiger partial charge in [0.15, 0.2) is 0 Å². The van der Waals surface area contributed by atoms with Crippen molar-refractivity contribution in [2.24, 2.45) is 5.73 Å². The Morgan fingerprint density at radius 2 is 2.45 bits per heavy atom. The standard InChI is InChI=1S/C9H14N2/c1-2-3-5-11-6-4-9(7-10)8-11/h2,4,6,8H,1,3,5,7,10H2. The summed E-state index contributed by atoms with van der Waals surface area (Å²) in [7, 11) is 0. The highest BCUT2D eigenvalue weighted by Crippen LogP contribution is 2.00. The van der Waals surface area contributed by atoms with Crippen LogP contribution in [0.25, 0.3) is 0 Å². The molecule has 1 heterocycles. The van der Waals surface area contributed by atoms with Crippen molar-refractivity contribution in [3.8, 4) is 0 Å². The van der Waals surface area contributed by atoms with Crippen LogP contribution in [0.3, 0.4) is 0 Å². The molecular formula is C9H14N2. The van der Waals surface area contributed by atoms with E-state index >= 15 is 0 Å². The van der Waals surface area contributed by atoms with Crippen LogP contribution in [0.4, 0.5) is 0 Å². The van der Waals surface area contributed by atoms with Crippen molar-refractivity contribution in [2.45, 2.75) is 19.5 Å². The minimum Gasteiger partial charge on any atom is -0.354 e. The molecule has 60 valence electrons. The number of aromatic nitrogens is 1. The van der Waals surface area contributed by atoms with Gasteiger partial charge in [0, 0.05) is 25.5 Å². The Bertz CT molecular complexity index is 225. The quantitative estimate of drug-likeness (QED) is 0.648.